The number of aromatic hydroxyl groups is 1. The minimum Gasteiger partial charge on any atom is -0.501 e. The molecule has 7 nitrogen and oxygen atoms in total. The van der Waals surface area contributed by atoms with E-state index in [0.717, 1.165) is 24.0 Å². The van der Waals surface area contributed by atoms with E-state index >= 15 is 0 Å². The summed E-state index contributed by atoms with van der Waals surface area (Å²) in [5.41, 5.74) is 3.78. The number of amides is 1. The van der Waals surface area contributed by atoms with E-state index in [1.807, 2.05) is 38.1 Å². The molecule has 0 bridgehead atoms. The number of aliphatic hydroxyl groups is 1. The summed E-state index contributed by atoms with van der Waals surface area (Å²) in [6.07, 6.45) is 1.80. The molecule has 0 saturated heterocycles. The second-order valence-electron chi connectivity index (χ2n) is 9.05. The van der Waals surface area contributed by atoms with Crippen LogP contribution in [0, 0.1) is 0 Å². The van der Waals surface area contributed by atoms with E-state index in [0.29, 0.717) is 6.54 Å². The number of aromatic nitrogens is 2. The van der Waals surface area contributed by atoms with Crippen LogP contribution in [0.3, 0.4) is 0 Å². The van der Waals surface area contributed by atoms with Crippen molar-refractivity contribution in [2.45, 2.75) is 51.3 Å². The SMILES string of the molecule is CC(C)N1CC(C2c3ccccc3CCc3ccccc32)n2c(CO)nc(=O)c(O)c2C1=O. The lowest BCUT2D eigenvalue weighted by molar-refractivity contribution is 0.0575. The van der Waals surface area contributed by atoms with Crippen LogP contribution in [0.1, 0.15) is 64.4 Å². The van der Waals surface area contributed by atoms with E-state index in [2.05, 4.69) is 29.2 Å². The summed E-state index contributed by atoms with van der Waals surface area (Å²) in [6, 6.07) is 16.1. The fraction of sp³-hybridized carbons (Fsp3) is 0.346. The Balaban J connectivity index is 1.84. The monoisotopic (exact) mass is 445 g/mol. The van der Waals surface area contributed by atoms with E-state index in [1.54, 1.807) is 9.47 Å². The Hall–Kier alpha value is -3.45. The Bertz CT molecular complexity index is 1250. The predicted octanol–water partition coefficient (Wildman–Crippen LogP) is 2.78. The molecule has 1 aliphatic carbocycles. The standard InChI is InChI=1S/C26H27N3O4/c1-15(2)28-13-20(29-21(14-30)27-25(32)24(31)23(29)26(28)33)22-18-9-5-3-7-16(18)11-12-17-8-4-6-10-19(17)22/h3-10,15,20,22,30-31H,11-14H2,1-2H3. The fourth-order valence-corrected chi connectivity index (χ4v) is 5.43. The lowest BCUT2D eigenvalue weighted by Crippen LogP contribution is -2.50. The first-order chi connectivity index (χ1) is 15.9. The normalized spacial score (nSPS) is 18.0. The van der Waals surface area contributed by atoms with E-state index < -0.39 is 23.8 Å². The quantitative estimate of drug-likeness (QED) is 0.646. The Morgan fingerprint density at radius 1 is 1.00 bits per heavy atom. The number of hydrogen-bond acceptors (Lipinski definition) is 5. The number of rotatable bonds is 3. The highest BCUT2D eigenvalue weighted by atomic mass is 16.3. The van der Waals surface area contributed by atoms with Crippen molar-refractivity contribution in [1.82, 2.24) is 14.5 Å². The summed E-state index contributed by atoms with van der Waals surface area (Å²) in [5, 5.41) is 20.8. The molecule has 33 heavy (non-hydrogen) atoms. The molecule has 5 rings (SSSR count). The molecule has 0 fully saturated rings. The molecule has 1 unspecified atom stereocenters. The molecular weight excluding hydrogens is 418 g/mol. The molecule has 1 atom stereocenters. The maximum atomic E-state index is 13.4. The number of fused-ring (bicyclic) bond motifs is 3. The van der Waals surface area contributed by atoms with Crippen molar-refractivity contribution in [3.05, 3.63) is 92.7 Å². The average Bonchev–Trinajstić information content (AvgIpc) is 2.98. The third-order valence-electron chi connectivity index (χ3n) is 6.95. The first-order valence-electron chi connectivity index (χ1n) is 11.3. The van der Waals surface area contributed by atoms with Crippen molar-refractivity contribution in [2.24, 2.45) is 0 Å². The average molecular weight is 446 g/mol. The molecule has 7 heteroatoms. The first kappa shape index (κ1) is 21.4. The minimum atomic E-state index is -0.898. The Morgan fingerprint density at radius 2 is 1.58 bits per heavy atom. The van der Waals surface area contributed by atoms with Crippen molar-refractivity contribution >= 4 is 5.91 Å². The molecular formula is C26H27N3O4. The molecule has 0 saturated carbocycles. The zero-order chi connectivity index (χ0) is 23.3. The van der Waals surface area contributed by atoms with Gasteiger partial charge in [0.2, 0.25) is 5.75 Å². The summed E-state index contributed by atoms with van der Waals surface area (Å²) in [4.78, 5) is 31.4. The highest BCUT2D eigenvalue weighted by molar-refractivity contribution is 5.96. The number of nitrogens with zero attached hydrogens (tertiary/aromatic N) is 3. The van der Waals surface area contributed by atoms with Gasteiger partial charge in [-0.15, -0.1) is 0 Å². The molecule has 0 radical (unpaired) electrons. The molecule has 0 spiro atoms. The zero-order valence-electron chi connectivity index (χ0n) is 18.7. The molecule has 1 amide bonds. The second-order valence-corrected chi connectivity index (χ2v) is 9.05. The van der Waals surface area contributed by atoms with Crippen LogP contribution in [0.15, 0.2) is 53.3 Å². The van der Waals surface area contributed by atoms with Gasteiger partial charge >= 0.3 is 5.56 Å². The van der Waals surface area contributed by atoms with Crippen LogP contribution in [0.2, 0.25) is 0 Å². The summed E-state index contributed by atoms with van der Waals surface area (Å²) in [7, 11) is 0. The highest BCUT2D eigenvalue weighted by Crippen LogP contribution is 2.44. The molecule has 1 aliphatic heterocycles. The highest BCUT2D eigenvalue weighted by Gasteiger charge is 2.42. The number of aryl methyl sites for hydroxylation is 2. The largest absolute Gasteiger partial charge is 0.501 e. The smallest absolute Gasteiger partial charge is 0.316 e. The molecule has 170 valence electrons. The van der Waals surface area contributed by atoms with Gasteiger partial charge in [-0.1, -0.05) is 48.5 Å². The van der Waals surface area contributed by atoms with E-state index in [-0.39, 0.29) is 29.5 Å². The molecule has 2 N–H and O–H groups in total. The van der Waals surface area contributed by atoms with Gasteiger partial charge < -0.3 is 19.7 Å². The number of carbonyl (C=O) groups excluding carboxylic acids is 1. The Morgan fingerprint density at radius 3 is 2.12 bits per heavy atom. The van der Waals surface area contributed by atoms with Gasteiger partial charge in [-0.05, 0) is 48.9 Å². The van der Waals surface area contributed by atoms with Crippen LogP contribution < -0.4 is 5.56 Å². The number of carbonyl (C=O) groups is 1. The maximum absolute atomic E-state index is 13.4. The third-order valence-corrected chi connectivity index (χ3v) is 6.95. The Kier molecular flexibility index (Phi) is 5.29. The van der Waals surface area contributed by atoms with Crippen molar-refractivity contribution in [1.29, 1.82) is 0 Å². The molecule has 2 heterocycles. The van der Waals surface area contributed by atoms with Crippen LogP contribution in [0.5, 0.6) is 5.75 Å². The number of benzene rings is 2. The molecule has 3 aromatic rings. The van der Waals surface area contributed by atoms with Gasteiger partial charge in [0.15, 0.2) is 5.69 Å². The van der Waals surface area contributed by atoms with Crippen molar-refractivity contribution in [3.63, 3.8) is 0 Å². The van der Waals surface area contributed by atoms with Crippen LogP contribution in [0.25, 0.3) is 0 Å². The lowest BCUT2D eigenvalue weighted by Gasteiger charge is -2.42. The van der Waals surface area contributed by atoms with Crippen LogP contribution in [-0.4, -0.2) is 43.2 Å². The summed E-state index contributed by atoms with van der Waals surface area (Å²) >= 11 is 0. The van der Waals surface area contributed by atoms with Crippen LogP contribution in [0.4, 0.5) is 0 Å². The van der Waals surface area contributed by atoms with Gasteiger partial charge in [-0.2, -0.15) is 4.98 Å². The van der Waals surface area contributed by atoms with E-state index in [1.165, 1.54) is 11.1 Å². The van der Waals surface area contributed by atoms with Gasteiger partial charge in [0.1, 0.15) is 12.4 Å². The summed E-state index contributed by atoms with van der Waals surface area (Å²) < 4.78 is 1.61. The van der Waals surface area contributed by atoms with Crippen molar-refractivity contribution in [2.75, 3.05) is 6.54 Å². The minimum absolute atomic E-state index is 0.0914. The van der Waals surface area contributed by atoms with Gasteiger partial charge in [0.25, 0.3) is 5.91 Å². The van der Waals surface area contributed by atoms with Gasteiger partial charge in [0.05, 0.1) is 6.04 Å². The zero-order valence-corrected chi connectivity index (χ0v) is 18.7. The predicted molar refractivity (Wildman–Crippen MR) is 123 cm³/mol. The number of hydrogen-bond donors (Lipinski definition) is 2. The van der Waals surface area contributed by atoms with E-state index in [9.17, 15) is 19.8 Å². The second kappa shape index (κ2) is 8.15. The Labute approximate surface area is 192 Å². The topological polar surface area (TPSA) is 95.7 Å². The lowest BCUT2D eigenvalue weighted by atomic mass is 9.81. The van der Waals surface area contributed by atoms with Gasteiger partial charge in [0, 0.05) is 18.5 Å². The fourth-order valence-electron chi connectivity index (χ4n) is 5.43. The molecule has 2 aromatic carbocycles. The maximum Gasteiger partial charge on any atom is 0.316 e. The number of aliphatic hydroxyl groups excluding tert-OH is 1. The van der Waals surface area contributed by atoms with Gasteiger partial charge in [-0.3, -0.25) is 9.59 Å². The van der Waals surface area contributed by atoms with Crippen LogP contribution in [-0.2, 0) is 19.4 Å². The summed E-state index contributed by atoms with van der Waals surface area (Å²) in [5.74, 6) is -1.15. The van der Waals surface area contributed by atoms with Crippen LogP contribution >= 0.6 is 0 Å². The molecule has 2 aliphatic rings. The third kappa shape index (κ3) is 3.35. The first-order valence-corrected chi connectivity index (χ1v) is 11.3. The molecule has 1 aromatic heterocycles. The van der Waals surface area contributed by atoms with E-state index in [4.69, 9.17) is 0 Å². The van der Waals surface area contributed by atoms with Gasteiger partial charge in [-0.25, -0.2) is 0 Å². The van der Waals surface area contributed by atoms with Crippen molar-refractivity contribution < 1.29 is 15.0 Å². The summed E-state index contributed by atoms with van der Waals surface area (Å²) in [6.45, 7) is 3.70. The van der Waals surface area contributed by atoms with Crippen molar-refractivity contribution in [3.8, 4) is 5.75 Å².